The van der Waals surface area contributed by atoms with Crippen LogP contribution < -0.4 is 5.73 Å². The van der Waals surface area contributed by atoms with Gasteiger partial charge in [0.2, 0.25) is 0 Å². The van der Waals surface area contributed by atoms with Crippen LogP contribution in [0.5, 0.6) is 0 Å². The molecule has 2 nitrogen and oxygen atoms in total. The van der Waals surface area contributed by atoms with Crippen molar-refractivity contribution in [2.24, 2.45) is 5.73 Å². The van der Waals surface area contributed by atoms with Crippen LogP contribution in [0.3, 0.4) is 0 Å². The average molecular weight is 186 g/mol. The number of nitrogens with two attached hydrogens (primary N) is 1. The first-order valence-electron chi connectivity index (χ1n) is 5.32. The molecule has 2 rings (SSSR count). The van der Waals surface area contributed by atoms with Gasteiger partial charge >= 0.3 is 0 Å². The third-order valence-corrected chi connectivity index (χ3v) is 3.65. The normalized spacial score (nSPS) is 30.0. The van der Waals surface area contributed by atoms with Gasteiger partial charge in [0, 0.05) is 24.7 Å². The lowest BCUT2D eigenvalue weighted by Gasteiger charge is -2.44. The Kier molecular flexibility index (Phi) is 2.56. The summed E-state index contributed by atoms with van der Waals surface area (Å²) in [4.78, 5) is 2.49. The predicted octanol–water partition coefficient (Wildman–Crippen LogP) is 1.30. The van der Waals surface area contributed by atoms with Crippen molar-refractivity contribution in [3.8, 4) is 0 Å². The summed E-state index contributed by atoms with van der Waals surface area (Å²) < 4.78 is 12.5. The molecule has 0 bridgehead atoms. The molecule has 1 aliphatic heterocycles. The molecule has 76 valence electrons. The van der Waals surface area contributed by atoms with Crippen molar-refractivity contribution in [2.75, 3.05) is 19.8 Å². The molecule has 1 aliphatic carbocycles. The molecule has 13 heavy (non-hydrogen) atoms. The van der Waals surface area contributed by atoms with Crippen LogP contribution in [0.15, 0.2) is 0 Å². The molecule has 2 aliphatic rings. The SMILES string of the molecule is NC1(CF)CCN(C2CCC2)CC1. The maximum absolute atomic E-state index is 12.5. The van der Waals surface area contributed by atoms with Gasteiger partial charge in [-0.05, 0) is 25.7 Å². The van der Waals surface area contributed by atoms with Crippen molar-refractivity contribution in [1.29, 1.82) is 0 Å². The molecule has 0 unspecified atom stereocenters. The van der Waals surface area contributed by atoms with Gasteiger partial charge in [-0.3, -0.25) is 0 Å². The van der Waals surface area contributed by atoms with Crippen molar-refractivity contribution in [1.82, 2.24) is 4.90 Å². The highest BCUT2D eigenvalue weighted by Gasteiger charge is 2.34. The molecule has 1 heterocycles. The van der Waals surface area contributed by atoms with E-state index in [9.17, 15) is 4.39 Å². The highest BCUT2D eigenvalue weighted by Crippen LogP contribution is 2.29. The fourth-order valence-electron chi connectivity index (χ4n) is 2.22. The number of piperidine rings is 1. The van der Waals surface area contributed by atoms with Gasteiger partial charge in [-0.25, -0.2) is 4.39 Å². The second-order valence-electron chi connectivity index (χ2n) is 4.62. The molecule has 0 aromatic heterocycles. The predicted molar refractivity (Wildman–Crippen MR) is 51.3 cm³/mol. The zero-order valence-corrected chi connectivity index (χ0v) is 8.14. The van der Waals surface area contributed by atoms with Crippen LogP contribution in [0.25, 0.3) is 0 Å². The topological polar surface area (TPSA) is 29.3 Å². The summed E-state index contributed by atoms with van der Waals surface area (Å²) in [6, 6.07) is 0.796. The first-order chi connectivity index (χ1) is 6.23. The standard InChI is InChI=1S/C10H19FN2/c11-8-10(12)4-6-13(7-5-10)9-2-1-3-9/h9H,1-8,12H2. The molecule has 0 atom stereocenters. The van der Waals surface area contributed by atoms with E-state index in [2.05, 4.69) is 4.90 Å². The molecule has 0 amide bonds. The summed E-state index contributed by atoms with van der Waals surface area (Å²) in [5.74, 6) is 0. The summed E-state index contributed by atoms with van der Waals surface area (Å²) in [6.45, 7) is 1.65. The number of hydrogen-bond acceptors (Lipinski definition) is 2. The summed E-state index contributed by atoms with van der Waals surface area (Å²) in [7, 11) is 0. The van der Waals surface area contributed by atoms with Crippen molar-refractivity contribution in [3.63, 3.8) is 0 Å². The summed E-state index contributed by atoms with van der Waals surface area (Å²) >= 11 is 0. The Labute approximate surface area is 79.3 Å². The van der Waals surface area contributed by atoms with Crippen LogP contribution in [0.4, 0.5) is 4.39 Å². The van der Waals surface area contributed by atoms with Crippen LogP contribution in [0.1, 0.15) is 32.1 Å². The lowest BCUT2D eigenvalue weighted by atomic mass is 9.85. The fraction of sp³-hybridized carbons (Fsp3) is 1.00. The second kappa shape index (κ2) is 3.54. The lowest BCUT2D eigenvalue weighted by Crippen LogP contribution is -2.55. The minimum atomic E-state index is -0.500. The first kappa shape index (κ1) is 9.41. The highest BCUT2D eigenvalue weighted by molar-refractivity contribution is 4.93. The van der Waals surface area contributed by atoms with Gasteiger partial charge in [0.05, 0.1) is 0 Å². The van der Waals surface area contributed by atoms with E-state index in [0.717, 1.165) is 32.0 Å². The Morgan fingerprint density at radius 1 is 1.31 bits per heavy atom. The molecule has 1 saturated carbocycles. The molecular weight excluding hydrogens is 167 g/mol. The van der Waals surface area contributed by atoms with E-state index in [1.807, 2.05) is 0 Å². The lowest BCUT2D eigenvalue weighted by molar-refractivity contribution is 0.0667. The Morgan fingerprint density at radius 2 is 1.92 bits per heavy atom. The van der Waals surface area contributed by atoms with Crippen LogP contribution in [-0.2, 0) is 0 Å². The van der Waals surface area contributed by atoms with E-state index in [1.165, 1.54) is 19.3 Å². The van der Waals surface area contributed by atoms with Crippen molar-refractivity contribution in [2.45, 2.75) is 43.7 Å². The Morgan fingerprint density at radius 3 is 2.31 bits per heavy atom. The average Bonchev–Trinajstić information content (AvgIpc) is 2.06. The monoisotopic (exact) mass is 186 g/mol. The smallest absolute Gasteiger partial charge is 0.107 e. The zero-order valence-electron chi connectivity index (χ0n) is 8.14. The second-order valence-corrected chi connectivity index (χ2v) is 4.62. The quantitative estimate of drug-likeness (QED) is 0.704. The van der Waals surface area contributed by atoms with Crippen molar-refractivity contribution in [3.05, 3.63) is 0 Å². The van der Waals surface area contributed by atoms with Crippen LogP contribution >= 0.6 is 0 Å². The largest absolute Gasteiger partial charge is 0.323 e. The minimum absolute atomic E-state index is 0.356. The van der Waals surface area contributed by atoms with E-state index in [4.69, 9.17) is 5.73 Å². The van der Waals surface area contributed by atoms with Crippen LogP contribution in [0.2, 0.25) is 0 Å². The van der Waals surface area contributed by atoms with Gasteiger partial charge < -0.3 is 10.6 Å². The number of hydrogen-bond donors (Lipinski definition) is 1. The van der Waals surface area contributed by atoms with E-state index in [1.54, 1.807) is 0 Å². The number of halogens is 1. The molecule has 2 fully saturated rings. The van der Waals surface area contributed by atoms with Crippen LogP contribution in [-0.4, -0.2) is 36.2 Å². The van der Waals surface area contributed by atoms with E-state index in [-0.39, 0.29) is 6.67 Å². The first-order valence-corrected chi connectivity index (χ1v) is 5.32. The molecule has 3 heteroatoms. The number of alkyl halides is 1. The molecule has 0 aromatic carbocycles. The molecule has 0 radical (unpaired) electrons. The van der Waals surface area contributed by atoms with Gasteiger partial charge in [-0.2, -0.15) is 0 Å². The van der Waals surface area contributed by atoms with E-state index in [0.29, 0.717) is 0 Å². The summed E-state index contributed by atoms with van der Waals surface area (Å²) in [5, 5.41) is 0. The summed E-state index contributed by atoms with van der Waals surface area (Å²) in [5.41, 5.74) is 5.38. The molecule has 0 spiro atoms. The molecule has 2 N–H and O–H groups in total. The number of rotatable bonds is 2. The highest BCUT2D eigenvalue weighted by atomic mass is 19.1. The van der Waals surface area contributed by atoms with Crippen LogP contribution in [0, 0.1) is 0 Å². The zero-order chi connectivity index (χ0) is 9.31. The van der Waals surface area contributed by atoms with Gasteiger partial charge in [0.15, 0.2) is 0 Å². The van der Waals surface area contributed by atoms with E-state index < -0.39 is 5.54 Å². The number of nitrogens with zero attached hydrogens (tertiary/aromatic N) is 1. The fourth-order valence-corrected chi connectivity index (χ4v) is 2.22. The van der Waals surface area contributed by atoms with Gasteiger partial charge in [0.25, 0.3) is 0 Å². The summed E-state index contributed by atoms with van der Waals surface area (Å²) in [6.07, 6.45) is 5.72. The molecular formula is C10H19FN2. The Balaban J connectivity index is 1.81. The number of likely N-dealkylation sites (tertiary alicyclic amines) is 1. The Bertz CT molecular complexity index is 172. The Hall–Kier alpha value is -0.150. The third kappa shape index (κ3) is 1.86. The van der Waals surface area contributed by atoms with Crippen molar-refractivity contribution < 1.29 is 4.39 Å². The van der Waals surface area contributed by atoms with Gasteiger partial charge in [0.1, 0.15) is 6.67 Å². The maximum Gasteiger partial charge on any atom is 0.107 e. The minimum Gasteiger partial charge on any atom is -0.323 e. The van der Waals surface area contributed by atoms with E-state index >= 15 is 0 Å². The van der Waals surface area contributed by atoms with Crippen molar-refractivity contribution >= 4 is 0 Å². The third-order valence-electron chi connectivity index (χ3n) is 3.65. The maximum atomic E-state index is 12.5. The molecule has 1 saturated heterocycles. The van der Waals surface area contributed by atoms with Gasteiger partial charge in [-0.1, -0.05) is 6.42 Å². The van der Waals surface area contributed by atoms with Gasteiger partial charge in [-0.15, -0.1) is 0 Å². The molecule has 0 aromatic rings.